The summed E-state index contributed by atoms with van der Waals surface area (Å²) in [6.45, 7) is 40.5. The highest BCUT2D eigenvalue weighted by molar-refractivity contribution is 5.78. The Labute approximate surface area is 873 Å². The summed E-state index contributed by atoms with van der Waals surface area (Å²) in [6, 6.07) is 88.7. The molecule has 0 unspecified atom stereocenters. The largest absolute Gasteiger partial charge is 0.294 e. The first-order valence-corrected chi connectivity index (χ1v) is 56.8. The number of nitrogens with zero attached hydrogens (tertiary/aromatic N) is 8. The fourth-order valence-electron chi connectivity index (χ4n) is 26.7. The van der Waals surface area contributed by atoms with Crippen LogP contribution in [0.5, 0.6) is 0 Å². The Morgan fingerprint density at radius 2 is 0.452 bits per heavy atom. The molecule has 0 atom stereocenters. The lowest BCUT2D eigenvalue weighted by Crippen LogP contribution is -2.30. The molecule has 748 valence electrons. The number of imidazole rings is 4. The molecule has 146 heavy (non-hydrogen) atoms. The summed E-state index contributed by atoms with van der Waals surface area (Å²) in [4.78, 5) is 0. The Morgan fingerprint density at radius 3 is 0.699 bits per heavy atom. The van der Waals surface area contributed by atoms with Gasteiger partial charge >= 0.3 is 0 Å². The maximum Gasteiger partial charge on any atom is 0.294 e. The zero-order valence-electron chi connectivity index (χ0n) is 90.7. The van der Waals surface area contributed by atoms with Gasteiger partial charge in [0.25, 0.3) is 23.3 Å². The zero-order chi connectivity index (χ0) is 101. The van der Waals surface area contributed by atoms with Crippen LogP contribution >= 0.6 is 0 Å². The van der Waals surface area contributed by atoms with Gasteiger partial charge in [0.1, 0.15) is 98.5 Å². The van der Waals surface area contributed by atoms with Gasteiger partial charge in [-0.3, -0.25) is 0 Å². The van der Waals surface area contributed by atoms with E-state index in [4.69, 9.17) is 0 Å². The van der Waals surface area contributed by atoms with Crippen LogP contribution in [0.25, 0.3) is 113 Å². The second kappa shape index (κ2) is 43.5. The fourth-order valence-corrected chi connectivity index (χ4v) is 26.7. The molecule has 4 aliphatic carbocycles. The number of benzene rings is 12. The molecule has 8 heterocycles. The van der Waals surface area contributed by atoms with E-state index in [1.54, 1.807) is 22.3 Å². The molecule has 0 amide bonds. The van der Waals surface area contributed by atoms with Gasteiger partial charge in [0.05, 0.1) is 22.3 Å². The van der Waals surface area contributed by atoms with Crippen LogP contribution in [0.2, 0.25) is 0 Å². The van der Waals surface area contributed by atoms with E-state index in [1.807, 2.05) is 0 Å². The third-order valence-corrected chi connectivity index (χ3v) is 33.4. The van der Waals surface area contributed by atoms with E-state index in [1.165, 1.54) is 319 Å². The predicted octanol–water partition coefficient (Wildman–Crippen LogP) is 34.3. The van der Waals surface area contributed by atoms with Crippen LogP contribution in [0.15, 0.2) is 280 Å². The van der Waals surface area contributed by atoms with Gasteiger partial charge < -0.3 is 0 Å². The van der Waals surface area contributed by atoms with Crippen molar-refractivity contribution in [1.82, 2.24) is 18.3 Å². The van der Waals surface area contributed by atoms with Crippen molar-refractivity contribution < 1.29 is 18.3 Å². The van der Waals surface area contributed by atoms with Crippen molar-refractivity contribution in [3.05, 3.63) is 380 Å². The smallest absolute Gasteiger partial charge is 0.225 e. The Bertz CT molecular complexity index is 7200. The highest BCUT2D eigenvalue weighted by Crippen LogP contribution is 2.51. The van der Waals surface area contributed by atoms with E-state index in [0.29, 0.717) is 59.2 Å². The highest BCUT2D eigenvalue weighted by Gasteiger charge is 2.41. The van der Waals surface area contributed by atoms with Gasteiger partial charge in [0.2, 0.25) is 0 Å². The minimum atomic E-state index is 0.552. The Kier molecular flexibility index (Phi) is 29.6. The number of hydrogen-bond acceptors (Lipinski definition) is 0. The first-order chi connectivity index (χ1) is 70.9. The number of aryl methyl sites for hydroxylation is 4. The zero-order valence-corrected chi connectivity index (χ0v) is 90.7. The predicted molar refractivity (Wildman–Crippen MR) is 608 cm³/mol. The van der Waals surface area contributed by atoms with E-state index < -0.39 is 0 Å². The Hall–Kier alpha value is -12.5. The highest BCUT2D eigenvalue weighted by atomic mass is 15.2. The first-order valence-electron chi connectivity index (χ1n) is 56.8. The molecule has 4 aliphatic heterocycles. The number of rotatable bonds is 22. The molecule has 8 nitrogen and oxygen atoms in total. The molecule has 0 saturated heterocycles. The van der Waals surface area contributed by atoms with E-state index in [-0.39, 0.29) is 0 Å². The quantitative estimate of drug-likeness (QED) is 0.0606. The van der Waals surface area contributed by atoms with Crippen molar-refractivity contribution in [2.24, 2.45) is 23.7 Å². The van der Waals surface area contributed by atoms with Gasteiger partial charge in [-0.25, -0.2) is 18.3 Å². The van der Waals surface area contributed by atoms with Crippen LogP contribution in [-0.4, -0.2) is 18.3 Å². The molecule has 4 fully saturated rings. The van der Waals surface area contributed by atoms with Crippen LogP contribution in [0.3, 0.4) is 0 Å². The monoisotopic (exact) mass is 1930 g/mol. The van der Waals surface area contributed by atoms with Crippen molar-refractivity contribution in [2.75, 3.05) is 0 Å². The number of hydrogen-bond donors (Lipinski definition) is 0. The molecular formula is C138H160N8+4. The van der Waals surface area contributed by atoms with Crippen LogP contribution in [0, 0.1) is 51.4 Å². The van der Waals surface area contributed by atoms with Crippen molar-refractivity contribution >= 4 is 0 Å². The van der Waals surface area contributed by atoms with Crippen molar-refractivity contribution in [1.29, 1.82) is 0 Å². The van der Waals surface area contributed by atoms with Crippen molar-refractivity contribution in [3.63, 3.8) is 0 Å². The maximum absolute atomic E-state index is 2.60. The second-order valence-electron chi connectivity index (χ2n) is 47.4. The van der Waals surface area contributed by atoms with Crippen LogP contribution in [0.1, 0.15) is 347 Å². The molecule has 4 aromatic heterocycles. The average molecular weight is 1930 g/mol. The van der Waals surface area contributed by atoms with E-state index in [0.717, 1.165) is 51.9 Å². The van der Waals surface area contributed by atoms with Gasteiger partial charge in [-0.2, -0.15) is 18.3 Å². The molecule has 24 rings (SSSR count). The SMILES string of the molecule is CC(C)Cc1cc(-c2ccc(C(C)C)cc2)cc(CC(C)C)c1-n1cc[n+]2c1-c1ccccc1C2.CC(C)c1ccc(-c2cc(C3CCCCC3)c(-n3cc[n+]4c3-c3ccccc3C4)c(C3CCCCC3)c2)cc1.Cc1cc(C)cc(-c2cc(C3CCCCC3)c(-n3cc[n+]4c3-c3ccccc3C4)c(C3CCCCC3)c2)c1.Cc1cc(C)cc(-c2cc(CC(C)C)c(-n3cc[n+]4c3-c3ccccc3C4)c(CC(C)C)c2)c1. The lowest BCUT2D eigenvalue weighted by molar-refractivity contribution is -0.671. The number of fused-ring (bicyclic) bond motifs is 12. The summed E-state index contributed by atoms with van der Waals surface area (Å²) in [5.74, 6) is 11.4. The molecular weight excluding hydrogens is 1770 g/mol. The van der Waals surface area contributed by atoms with Gasteiger partial charge in [0, 0.05) is 66.8 Å². The maximum atomic E-state index is 2.60. The van der Waals surface area contributed by atoms with Crippen molar-refractivity contribution in [2.45, 2.75) is 327 Å². The molecule has 0 spiro atoms. The molecule has 16 aromatic rings. The first kappa shape index (κ1) is 99.5. The molecule has 0 bridgehead atoms. The molecule has 12 aromatic carbocycles. The molecule has 8 heteroatoms. The van der Waals surface area contributed by atoms with Gasteiger partial charge in [0.15, 0.2) is 0 Å². The van der Waals surface area contributed by atoms with Gasteiger partial charge in [-0.1, -0.05) is 340 Å². The average Bonchev–Trinajstić information content (AvgIpc) is 1.57. The topological polar surface area (TPSA) is 35.2 Å². The van der Waals surface area contributed by atoms with Crippen LogP contribution in [0.4, 0.5) is 0 Å². The lowest BCUT2D eigenvalue weighted by atomic mass is 9.77. The third-order valence-electron chi connectivity index (χ3n) is 33.4. The molecule has 4 saturated carbocycles. The second-order valence-corrected chi connectivity index (χ2v) is 47.4. The third kappa shape index (κ3) is 20.9. The van der Waals surface area contributed by atoms with E-state index in [2.05, 4.69) is 427 Å². The summed E-state index contributed by atoms with van der Waals surface area (Å²) >= 11 is 0. The van der Waals surface area contributed by atoms with Gasteiger partial charge in [-0.05, 0) is 292 Å². The summed E-state index contributed by atoms with van der Waals surface area (Å²) in [7, 11) is 0. The van der Waals surface area contributed by atoms with E-state index in [9.17, 15) is 0 Å². The van der Waals surface area contributed by atoms with Gasteiger partial charge in [-0.15, -0.1) is 0 Å². The lowest BCUT2D eigenvalue weighted by Gasteiger charge is -2.29. The minimum Gasteiger partial charge on any atom is -0.225 e. The standard InChI is InChI=1S/C37H43N2.C36H41N2.C33H39N2.C32H37N2/c1-26(2)27-17-19-28(20-18-27)32-23-34(29-11-5-3-6-12-29)36(35(24-32)30-13-7-4-8-14-30)39-22-21-38-25-31-15-9-10-16-33(31)37(38)39;1-25-19-26(2)21-30(20-25)31-22-33(27-11-5-3-6-12-27)35(34(23-31)28-13-7-4-8-14-28)38-18-17-37-24-29-15-9-10-16-32(29)36(37)38;1-22(2)17-29-19-28(26-13-11-25(12-14-26)24(5)6)20-30(18-23(3)4)32(29)35-16-15-34-21-27-9-7-8-10-31(27)33(34)35;1-21(2)13-28-18-27(26-16-23(5)15-24(6)17-26)19-29(14-22(3)4)31(28)34-12-11-33-20-25-9-7-8-10-30(25)32(33)34/h9-10,15-24,26,29-30H,3-8,11-14,25H2,1-2H3;9-10,15-23,27-28H,3-8,11-14,24H2,1-2H3;7-16,19-20,22-24H,17-18,21H2,1-6H3;7-12,15-19,21-22H,13-14,20H2,1-6H3/q4*+1. The van der Waals surface area contributed by atoms with Crippen LogP contribution < -0.4 is 18.3 Å². The summed E-state index contributed by atoms with van der Waals surface area (Å²) < 4.78 is 19.9. The molecule has 0 N–H and O–H groups in total. The Balaban J connectivity index is 0.000000115. The van der Waals surface area contributed by atoms with Crippen molar-refractivity contribution in [3.8, 4) is 113 Å². The Morgan fingerprint density at radius 1 is 0.233 bits per heavy atom. The summed E-state index contributed by atoms with van der Waals surface area (Å²) in [6.07, 6.45) is 49.7. The normalized spacial score (nSPS) is 15.4. The number of aromatic nitrogens is 8. The molecule has 0 radical (unpaired) electrons. The van der Waals surface area contributed by atoms with Crippen LogP contribution in [-0.2, 0) is 51.9 Å². The van der Waals surface area contributed by atoms with E-state index >= 15 is 0 Å². The fraction of sp³-hybridized carbons (Fsp3) is 0.391. The summed E-state index contributed by atoms with van der Waals surface area (Å²) in [5, 5.41) is 0. The summed E-state index contributed by atoms with van der Waals surface area (Å²) in [5.41, 5.74) is 48.4. The molecule has 8 aliphatic rings. The minimum absolute atomic E-state index is 0.552.